The fraction of sp³-hybridized carbons (Fsp3) is 0.105. The predicted molar refractivity (Wildman–Crippen MR) is 97.1 cm³/mol. The SMILES string of the molecule is COC(=O)c1cccc(NC(=O)Cc2cc(-c3ccc(Cl)cc3)on2)c1. The van der Waals surface area contributed by atoms with Gasteiger partial charge in [0.05, 0.1) is 24.8 Å². The highest BCUT2D eigenvalue weighted by Gasteiger charge is 2.12. The predicted octanol–water partition coefficient (Wildman–Crippen LogP) is 3.96. The first-order chi connectivity index (χ1) is 12.5. The van der Waals surface area contributed by atoms with Crippen molar-refractivity contribution in [2.75, 3.05) is 12.4 Å². The van der Waals surface area contributed by atoms with Gasteiger partial charge in [0.25, 0.3) is 0 Å². The van der Waals surface area contributed by atoms with Crippen LogP contribution in [0.4, 0.5) is 5.69 Å². The average molecular weight is 371 g/mol. The minimum Gasteiger partial charge on any atom is -0.465 e. The van der Waals surface area contributed by atoms with Crippen molar-refractivity contribution in [3.05, 3.63) is 70.9 Å². The summed E-state index contributed by atoms with van der Waals surface area (Å²) in [7, 11) is 1.30. The summed E-state index contributed by atoms with van der Waals surface area (Å²) < 4.78 is 9.93. The molecule has 0 atom stereocenters. The third kappa shape index (κ3) is 4.29. The Hall–Kier alpha value is -3.12. The van der Waals surface area contributed by atoms with Gasteiger partial charge >= 0.3 is 5.97 Å². The summed E-state index contributed by atoms with van der Waals surface area (Å²) >= 11 is 5.86. The van der Waals surface area contributed by atoms with Crippen LogP contribution < -0.4 is 5.32 Å². The molecule has 1 aromatic heterocycles. The molecule has 26 heavy (non-hydrogen) atoms. The molecule has 0 saturated carbocycles. The van der Waals surface area contributed by atoms with E-state index in [0.717, 1.165) is 5.56 Å². The van der Waals surface area contributed by atoms with Crippen LogP contribution in [0, 0.1) is 0 Å². The molecule has 0 radical (unpaired) electrons. The lowest BCUT2D eigenvalue weighted by molar-refractivity contribution is -0.115. The van der Waals surface area contributed by atoms with Gasteiger partial charge < -0.3 is 14.6 Å². The number of carbonyl (C=O) groups excluding carboxylic acids is 2. The Morgan fingerprint density at radius 2 is 1.92 bits per heavy atom. The summed E-state index contributed by atoms with van der Waals surface area (Å²) in [4.78, 5) is 23.7. The van der Waals surface area contributed by atoms with Crippen molar-refractivity contribution >= 4 is 29.2 Å². The molecule has 0 spiro atoms. The maximum Gasteiger partial charge on any atom is 0.337 e. The Morgan fingerprint density at radius 1 is 1.15 bits per heavy atom. The summed E-state index contributed by atoms with van der Waals surface area (Å²) in [6, 6.07) is 15.3. The second kappa shape index (κ2) is 7.84. The van der Waals surface area contributed by atoms with Crippen molar-refractivity contribution in [2.45, 2.75) is 6.42 Å². The van der Waals surface area contributed by atoms with E-state index in [1.165, 1.54) is 7.11 Å². The lowest BCUT2D eigenvalue weighted by Gasteiger charge is -2.05. The molecule has 0 unspecified atom stereocenters. The number of nitrogens with zero attached hydrogens (tertiary/aromatic N) is 1. The van der Waals surface area contributed by atoms with Gasteiger partial charge in [-0.05, 0) is 42.5 Å². The lowest BCUT2D eigenvalue weighted by Crippen LogP contribution is -2.15. The van der Waals surface area contributed by atoms with Gasteiger partial charge in [-0.25, -0.2) is 4.79 Å². The molecule has 1 amide bonds. The Morgan fingerprint density at radius 3 is 2.65 bits per heavy atom. The van der Waals surface area contributed by atoms with E-state index in [1.54, 1.807) is 42.5 Å². The van der Waals surface area contributed by atoms with E-state index in [1.807, 2.05) is 12.1 Å². The fourth-order valence-electron chi connectivity index (χ4n) is 2.36. The Kier molecular flexibility index (Phi) is 5.34. The highest BCUT2D eigenvalue weighted by atomic mass is 35.5. The van der Waals surface area contributed by atoms with Gasteiger partial charge in [0, 0.05) is 22.3 Å². The first-order valence-corrected chi connectivity index (χ1v) is 8.13. The van der Waals surface area contributed by atoms with E-state index >= 15 is 0 Å². The smallest absolute Gasteiger partial charge is 0.337 e. The number of carbonyl (C=O) groups is 2. The number of benzene rings is 2. The van der Waals surface area contributed by atoms with Gasteiger partial charge in [0.15, 0.2) is 5.76 Å². The van der Waals surface area contributed by atoms with E-state index in [9.17, 15) is 9.59 Å². The quantitative estimate of drug-likeness (QED) is 0.687. The molecule has 1 N–H and O–H groups in total. The molecule has 0 aliphatic rings. The third-order valence-electron chi connectivity index (χ3n) is 3.60. The van der Waals surface area contributed by atoms with E-state index in [2.05, 4.69) is 15.2 Å². The second-order valence-electron chi connectivity index (χ2n) is 5.49. The zero-order valence-electron chi connectivity index (χ0n) is 13.9. The lowest BCUT2D eigenvalue weighted by atomic mass is 10.1. The normalized spacial score (nSPS) is 10.4. The van der Waals surface area contributed by atoms with Crippen LogP contribution >= 0.6 is 11.6 Å². The Balaban J connectivity index is 1.65. The highest BCUT2D eigenvalue weighted by molar-refractivity contribution is 6.30. The van der Waals surface area contributed by atoms with Crippen LogP contribution in [0.1, 0.15) is 16.1 Å². The molecule has 3 aromatic rings. The van der Waals surface area contributed by atoms with Gasteiger partial charge in [-0.2, -0.15) is 0 Å². The minimum absolute atomic E-state index is 0.0412. The molecule has 0 aliphatic heterocycles. The third-order valence-corrected chi connectivity index (χ3v) is 3.85. The number of hydrogen-bond acceptors (Lipinski definition) is 5. The van der Waals surface area contributed by atoms with E-state index in [-0.39, 0.29) is 12.3 Å². The van der Waals surface area contributed by atoms with Crippen LogP contribution in [0.5, 0.6) is 0 Å². The first kappa shape index (κ1) is 17.7. The van der Waals surface area contributed by atoms with Crippen LogP contribution in [0.2, 0.25) is 5.02 Å². The highest BCUT2D eigenvalue weighted by Crippen LogP contribution is 2.22. The second-order valence-corrected chi connectivity index (χ2v) is 5.92. The largest absolute Gasteiger partial charge is 0.465 e. The number of rotatable bonds is 5. The fourth-order valence-corrected chi connectivity index (χ4v) is 2.48. The average Bonchev–Trinajstić information content (AvgIpc) is 3.10. The molecule has 0 fully saturated rings. The molecule has 0 aliphatic carbocycles. The number of esters is 1. The van der Waals surface area contributed by atoms with Gasteiger partial charge in [-0.15, -0.1) is 0 Å². The number of amides is 1. The summed E-state index contributed by atoms with van der Waals surface area (Å²) in [5, 5.41) is 7.26. The minimum atomic E-state index is -0.467. The number of hydrogen-bond donors (Lipinski definition) is 1. The number of anilines is 1. The van der Waals surface area contributed by atoms with E-state index in [4.69, 9.17) is 16.1 Å². The van der Waals surface area contributed by atoms with Crippen LogP contribution in [-0.4, -0.2) is 24.1 Å². The number of ether oxygens (including phenoxy) is 1. The zero-order chi connectivity index (χ0) is 18.5. The van der Waals surface area contributed by atoms with Gasteiger partial charge in [-0.3, -0.25) is 4.79 Å². The van der Waals surface area contributed by atoms with Gasteiger partial charge in [0.1, 0.15) is 0 Å². The Bertz CT molecular complexity index is 935. The van der Waals surface area contributed by atoms with E-state index in [0.29, 0.717) is 27.7 Å². The van der Waals surface area contributed by atoms with Crippen LogP contribution in [0.3, 0.4) is 0 Å². The van der Waals surface area contributed by atoms with Gasteiger partial charge in [-0.1, -0.05) is 22.8 Å². The molecule has 132 valence electrons. The number of halogens is 1. The van der Waals surface area contributed by atoms with Crippen LogP contribution in [-0.2, 0) is 16.0 Å². The van der Waals surface area contributed by atoms with Gasteiger partial charge in [0.2, 0.25) is 5.91 Å². The summed E-state index contributed by atoms with van der Waals surface area (Å²) in [5.41, 5.74) is 2.17. The Labute approximate surface area is 154 Å². The molecule has 7 heteroatoms. The maximum absolute atomic E-state index is 12.2. The number of methoxy groups -OCH3 is 1. The topological polar surface area (TPSA) is 81.4 Å². The van der Waals surface area contributed by atoms with Crippen molar-refractivity contribution in [1.29, 1.82) is 0 Å². The van der Waals surface area contributed by atoms with Crippen LogP contribution in [0.25, 0.3) is 11.3 Å². The summed E-state index contributed by atoms with van der Waals surface area (Å²) in [6.45, 7) is 0. The molecule has 1 heterocycles. The van der Waals surface area contributed by atoms with Crippen molar-refractivity contribution in [3.8, 4) is 11.3 Å². The monoisotopic (exact) mass is 370 g/mol. The molecule has 0 bridgehead atoms. The number of aromatic nitrogens is 1. The standard InChI is InChI=1S/C19H15ClN2O4/c1-25-19(24)13-3-2-4-15(9-13)21-18(23)11-16-10-17(26-22-16)12-5-7-14(20)8-6-12/h2-10H,11H2,1H3,(H,21,23). The summed E-state index contributed by atoms with van der Waals surface area (Å²) in [5.74, 6) is -0.190. The van der Waals surface area contributed by atoms with Crippen molar-refractivity contribution < 1.29 is 18.8 Å². The van der Waals surface area contributed by atoms with Crippen LogP contribution in [0.15, 0.2) is 59.1 Å². The maximum atomic E-state index is 12.2. The molecule has 0 saturated heterocycles. The van der Waals surface area contributed by atoms with Crippen molar-refractivity contribution in [1.82, 2.24) is 5.16 Å². The molecular weight excluding hydrogens is 356 g/mol. The number of nitrogens with one attached hydrogen (secondary N) is 1. The van der Waals surface area contributed by atoms with Crippen molar-refractivity contribution in [2.24, 2.45) is 0 Å². The molecular formula is C19H15ClN2O4. The van der Waals surface area contributed by atoms with E-state index < -0.39 is 5.97 Å². The summed E-state index contributed by atoms with van der Waals surface area (Å²) in [6.07, 6.45) is 0.0412. The first-order valence-electron chi connectivity index (χ1n) is 7.75. The molecule has 6 nitrogen and oxygen atoms in total. The molecule has 2 aromatic carbocycles. The zero-order valence-corrected chi connectivity index (χ0v) is 14.6. The molecule has 3 rings (SSSR count). The van der Waals surface area contributed by atoms with Crippen molar-refractivity contribution in [3.63, 3.8) is 0 Å².